The van der Waals surface area contributed by atoms with Gasteiger partial charge in [0.05, 0.1) is 11.5 Å². The van der Waals surface area contributed by atoms with Crippen LogP contribution >= 0.6 is 0 Å². The predicted octanol–water partition coefficient (Wildman–Crippen LogP) is 1.07. The molecule has 1 aliphatic heterocycles. The number of benzene rings is 1. The van der Waals surface area contributed by atoms with E-state index in [1.54, 1.807) is 0 Å². The van der Waals surface area contributed by atoms with E-state index in [4.69, 9.17) is 5.73 Å². The quantitative estimate of drug-likeness (QED) is 0.897. The largest absolute Gasteiger partial charge is 0.335 e. The van der Waals surface area contributed by atoms with Gasteiger partial charge in [-0.25, -0.2) is 0 Å². The van der Waals surface area contributed by atoms with Crippen LogP contribution in [0.4, 0.5) is 0 Å². The van der Waals surface area contributed by atoms with Gasteiger partial charge in [0, 0.05) is 26.2 Å². The molecule has 1 heterocycles. The fourth-order valence-electron chi connectivity index (χ4n) is 2.82. The van der Waals surface area contributed by atoms with Gasteiger partial charge in [0.15, 0.2) is 0 Å². The average Bonchev–Trinajstić information content (AvgIpc) is 2.47. The second-order valence-corrected chi connectivity index (χ2v) is 6.14. The van der Waals surface area contributed by atoms with Crippen LogP contribution in [0.1, 0.15) is 19.4 Å². The Bertz CT molecular complexity index is 458. The Labute approximate surface area is 121 Å². The minimum atomic E-state index is -0.509. The van der Waals surface area contributed by atoms with Gasteiger partial charge in [-0.3, -0.25) is 4.79 Å². The van der Waals surface area contributed by atoms with Crippen molar-refractivity contribution in [2.24, 2.45) is 5.73 Å². The Morgan fingerprint density at radius 2 is 1.95 bits per heavy atom. The predicted molar refractivity (Wildman–Crippen MR) is 81.5 cm³/mol. The number of nitrogens with two attached hydrogens (primary N) is 1. The first-order valence-electron chi connectivity index (χ1n) is 7.22. The van der Waals surface area contributed by atoms with Crippen LogP contribution in [0.15, 0.2) is 30.3 Å². The fraction of sp³-hybridized carbons (Fsp3) is 0.562. The summed E-state index contributed by atoms with van der Waals surface area (Å²) in [6.07, 6.45) is 0. The minimum Gasteiger partial charge on any atom is -0.335 e. The van der Waals surface area contributed by atoms with Crippen molar-refractivity contribution in [3.8, 4) is 0 Å². The zero-order valence-electron chi connectivity index (χ0n) is 12.7. The molecule has 0 radical (unpaired) electrons. The number of likely N-dealkylation sites (N-methyl/N-ethyl adjacent to an activating group) is 1. The van der Waals surface area contributed by atoms with Gasteiger partial charge in [-0.05, 0) is 26.5 Å². The lowest BCUT2D eigenvalue weighted by Crippen LogP contribution is -2.59. The first-order valence-corrected chi connectivity index (χ1v) is 7.22. The highest BCUT2D eigenvalue weighted by molar-refractivity contribution is 5.87. The number of nitrogens with zero attached hydrogens (tertiary/aromatic N) is 2. The van der Waals surface area contributed by atoms with Crippen molar-refractivity contribution in [3.05, 3.63) is 35.9 Å². The number of amides is 1. The molecule has 4 nitrogen and oxygen atoms in total. The third-order valence-corrected chi connectivity index (χ3v) is 4.25. The van der Waals surface area contributed by atoms with Crippen molar-refractivity contribution in [2.75, 3.05) is 33.2 Å². The molecule has 1 aromatic rings. The third kappa shape index (κ3) is 2.86. The van der Waals surface area contributed by atoms with Gasteiger partial charge < -0.3 is 15.5 Å². The molecule has 110 valence electrons. The van der Waals surface area contributed by atoms with Crippen LogP contribution < -0.4 is 5.73 Å². The maximum atomic E-state index is 12.9. The van der Waals surface area contributed by atoms with E-state index in [2.05, 4.69) is 11.9 Å². The number of hydrogen-bond donors (Lipinski definition) is 1. The average molecular weight is 275 g/mol. The molecule has 0 bridgehead atoms. The second kappa shape index (κ2) is 5.94. The van der Waals surface area contributed by atoms with Gasteiger partial charge in [0.25, 0.3) is 0 Å². The highest BCUT2D eigenvalue weighted by atomic mass is 16.2. The lowest BCUT2D eigenvalue weighted by molar-refractivity contribution is -0.140. The van der Waals surface area contributed by atoms with Gasteiger partial charge in [-0.2, -0.15) is 0 Å². The highest BCUT2D eigenvalue weighted by Gasteiger charge is 2.38. The second-order valence-electron chi connectivity index (χ2n) is 6.14. The molecule has 1 atom stereocenters. The van der Waals surface area contributed by atoms with Crippen LogP contribution in [-0.2, 0) is 10.2 Å². The lowest BCUT2D eigenvalue weighted by Gasteiger charge is -2.43. The third-order valence-electron chi connectivity index (χ3n) is 4.25. The van der Waals surface area contributed by atoms with E-state index in [0.29, 0.717) is 6.54 Å². The number of carbonyl (C=O) groups is 1. The van der Waals surface area contributed by atoms with E-state index in [-0.39, 0.29) is 11.9 Å². The fourth-order valence-corrected chi connectivity index (χ4v) is 2.82. The van der Waals surface area contributed by atoms with E-state index in [1.165, 1.54) is 0 Å². The summed E-state index contributed by atoms with van der Waals surface area (Å²) in [4.78, 5) is 17.1. The molecule has 1 fully saturated rings. The topological polar surface area (TPSA) is 49.6 Å². The van der Waals surface area contributed by atoms with Crippen LogP contribution in [0.5, 0.6) is 0 Å². The van der Waals surface area contributed by atoms with Crippen LogP contribution in [0, 0.1) is 0 Å². The van der Waals surface area contributed by atoms with Gasteiger partial charge in [0.1, 0.15) is 0 Å². The lowest BCUT2D eigenvalue weighted by atomic mass is 9.82. The summed E-state index contributed by atoms with van der Waals surface area (Å²) in [5.41, 5.74) is 6.40. The van der Waals surface area contributed by atoms with Crippen molar-refractivity contribution < 1.29 is 4.79 Å². The van der Waals surface area contributed by atoms with Gasteiger partial charge in [-0.15, -0.1) is 0 Å². The molecule has 0 aromatic heterocycles. The molecule has 0 saturated carbocycles. The molecule has 2 rings (SSSR count). The van der Waals surface area contributed by atoms with Crippen molar-refractivity contribution in [1.29, 1.82) is 0 Å². The first kappa shape index (κ1) is 15.0. The Kier molecular flexibility index (Phi) is 4.45. The Morgan fingerprint density at radius 1 is 1.30 bits per heavy atom. The van der Waals surface area contributed by atoms with E-state index in [0.717, 1.165) is 25.2 Å². The van der Waals surface area contributed by atoms with Gasteiger partial charge in [-0.1, -0.05) is 30.3 Å². The number of carbonyl (C=O) groups excluding carboxylic acids is 1. The van der Waals surface area contributed by atoms with Crippen LogP contribution in [0.25, 0.3) is 0 Å². The molecule has 1 aromatic carbocycles. The smallest absolute Gasteiger partial charge is 0.233 e. The molecule has 1 saturated heterocycles. The molecule has 1 amide bonds. The van der Waals surface area contributed by atoms with Gasteiger partial charge in [0.2, 0.25) is 5.91 Å². The van der Waals surface area contributed by atoms with E-state index < -0.39 is 5.41 Å². The summed E-state index contributed by atoms with van der Waals surface area (Å²) in [5, 5.41) is 0. The molecule has 20 heavy (non-hydrogen) atoms. The molecule has 2 N–H and O–H groups in total. The Hall–Kier alpha value is -1.39. The summed E-state index contributed by atoms with van der Waals surface area (Å²) in [6, 6.07) is 10.1. The SMILES string of the molecule is CN1CCN(C(=O)C(C)(C)c2ccccc2)C(CN)C1. The summed E-state index contributed by atoms with van der Waals surface area (Å²) < 4.78 is 0. The van der Waals surface area contributed by atoms with E-state index in [1.807, 2.05) is 49.1 Å². The minimum absolute atomic E-state index is 0.115. The zero-order chi connectivity index (χ0) is 14.8. The van der Waals surface area contributed by atoms with E-state index >= 15 is 0 Å². The van der Waals surface area contributed by atoms with Crippen molar-refractivity contribution in [2.45, 2.75) is 25.3 Å². The molecule has 1 aliphatic rings. The number of rotatable bonds is 3. The van der Waals surface area contributed by atoms with Crippen LogP contribution in [0.3, 0.4) is 0 Å². The molecule has 0 spiro atoms. The molecule has 1 unspecified atom stereocenters. The van der Waals surface area contributed by atoms with Crippen molar-refractivity contribution >= 4 is 5.91 Å². The maximum absolute atomic E-state index is 12.9. The Balaban J connectivity index is 2.21. The summed E-state index contributed by atoms with van der Waals surface area (Å²) in [6.45, 7) is 7.03. The standard InChI is InChI=1S/C16H25N3O/c1-16(2,13-7-5-4-6-8-13)15(20)19-10-9-18(3)12-14(19)11-17/h4-8,14H,9-12,17H2,1-3H3. The van der Waals surface area contributed by atoms with Crippen molar-refractivity contribution in [3.63, 3.8) is 0 Å². The van der Waals surface area contributed by atoms with Crippen LogP contribution in [0.2, 0.25) is 0 Å². The summed E-state index contributed by atoms with van der Waals surface area (Å²) >= 11 is 0. The summed E-state index contributed by atoms with van der Waals surface area (Å²) in [5.74, 6) is 0.173. The molecular formula is C16H25N3O. The number of hydrogen-bond acceptors (Lipinski definition) is 3. The highest BCUT2D eigenvalue weighted by Crippen LogP contribution is 2.27. The zero-order valence-corrected chi connectivity index (χ0v) is 12.7. The van der Waals surface area contributed by atoms with Crippen molar-refractivity contribution in [1.82, 2.24) is 9.80 Å². The summed E-state index contributed by atoms with van der Waals surface area (Å²) in [7, 11) is 2.08. The van der Waals surface area contributed by atoms with Crippen LogP contribution in [-0.4, -0.2) is 55.0 Å². The van der Waals surface area contributed by atoms with Gasteiger partial charge >= 0.3 is 0 Å². The number of piperazine rings is 1. The molecule has 4 heteroatoms. The maximum Gasteiger partial charge on any atom is 0.233 e. The molecule has 0 aliphatic carbocycles. The monoisotopic (exact) mass is 275 g/mol. The molecular weight excluding hydrogens is 250 g/mol. The Morgan fingerprint density at radius 3 is 2.55 bits per heavy atom. The normalized spacial score (nSPS) is 21.0. The first-order chi connectivity index (χ1) is 9.46. The van der Waals surface area contributed by atoms with E-state index in [9.17, 15) is 4.79 Å².